The molecule has 5 nitrogen and oxygen atoms in total. The number of rotatable bonds is 8. The summed E-state index contributed by atoms with van der Waals surface area (Å²) in [5.41, 5.74) is 1.36. The van der Waals surface area contributed by atoms with Crippen LogP contribution in [0.1, 0.15) is 5.56 Å². The Bertz CT molecular complexity index is 718. The van der Waals surface area contributed by atoms with Crippen LogP contribution in [0.25, 0.3) is 0 Å². The summed E-state index contributed by atoms with van der Waals surface area (Å²) in [7, 11) is 0. The maximum absolute atomic E-state index is 11.9. The van der Waals surface area contributed by atoms with Crippen molar-refractivity contribution in [3.05, 3.63) is 64.6 Å². The minimum Gasteiger partial charge on any atom is -0.484 e. The van der Waals surface area contributed by atoms with Gasteiger partial charge in [0, 0.05) is 50.3 Å². The molecule has 2 aromatic carbocycles. The largest absolute Gasteiger partial charge is 0.484 e. The van der Waals surface area contributed by atoms with Crippen LogP contribution in [0, 0.1) is 0 Å². The lowest BCUT2D eigenvalue weighted by Gasteiger charge is -2.34. The van der Waals surface area contributed by atoms with E-state index in [9.17, 15) is 4.79 Å². The molecule has 3 rings (SSSR count). The first-order valence-electron chi connectivity index (χ1n) is 9.33. The zero-order chi connectivity index (χ0) is 18.9. The summed E-state index contributed by atoms with van der Waals surface area (Å²) < 4.78 is 6.44. The Labute approximate surface area is 169 Å². The quantitative estimate of drug-likeness (QED) is 0.697. The van der Waals surface area contributed by atoms with Gasteiger partial charge < -0.3 is 10.1 Å². The van der Waals surface area contributed by atoms with Crippen molar-refractivity contribution in [3.63, 3.8) is 0 Å². The van der Waals surface area contributed by atoms with E-state index in [-0.39, 0.29) is 12.5 Å². The molecule has 6 heteroatoms. The molecule has 0 unspecified atom stereocenters. The van der Waals surface area contributed by atoms with E-state index in [1.807, 2.05) is 24.3 Å². The molecule has 0 spiro atoms. The Morgan fingerprint density at radius 1 is 1.00 bits per heavy atom. The highest BCUT2D eigenvalue weighted by Gasteiger charge is 2.16. The number of halogens is 1. The van der Waals surface area contributed by atoms with E-state index in [0.29, 0.717) is 12.3 Å². The lowest BCUT2D eigenvalue weighted by atomic mass is 10.2. The maximum Gasteiger partial charge on any atom is 0.257 e. The Kier molecular flexibility index (Phi) is 7.68. The molecule has 0 atom stereocenters. The van der Waals surface area contributed by atoms with Crippen molar-refractivity contribution in [2.75, 3.05) is 45.9 Å². The molecule has 1 aliphatic rings. The average Bonchev–Trinajstić information content (AvgIpc) is 2.69. The lowest BCUT2D eigenvalue weighted by Crippen LogP contribution is -2.48. The lowest BCUT2D eigenvalue weighted by molar-refractivity contribution is -0.123. The van der Waals surface area contributed by atoms with Crippen molar-refractivity contribution < 1.29 is 9.53 Å². The molecule has 0 aliphatic carbocycles. The van der Waals surface area contributed by atoms with E-state index >= 15 is 0 Å². The summed E-state index contributed by atoms with van der Waals surface area (Å²) >= 11 is 3.39. The first-order chi connectivity index (χ1) is 13.2. The number of carbonyl (C=O) groups is 1. The Morgan fingerprint density at radius 3 is 2.48 bits per heavy atom. The van der Waals surface area contributed by atoms with E-state index in [2.05, 4.69) is 61.4 Å². The molecular weight excluding hydrogens is 406 g/mol. The normalized spacial score (nSPS) is 15.4. The summed E-state index contributed by atoms with van der Waals surface area (Å²) in [5.74, 6) is 0.603. The number of hydrogen-bond acceptors (Lipinski definition) is 4. The van der Waals surface area contributed by atoms with Crippen LogP contribution >= 0.6 is 15.9 Å². The van der Waals surface area contributed by atoms with Gasteiger partial charge in [0.25, 0.3) is 5.91 Å². The molecule has 0 aromatic heterocycles. The van der Waals surface area contributed by atoms with Crippen molar-refractivity contribution in [1.29, 1.82) is 0 Å². The minimum atomic E-state index is -0.0855. The average molecular weight is 432 g/mol. The van der Waals surface area contributed by atoms with Crippen molar-refractivity contribution in [3.8, 4) is 5.75 Å². The van der Waals surface area contributed by atoms with Gasteiger partial charge in [0.1, 0.15) is 5.75 Å². The minimum absolute atomic E-state index is 0.0430. The van der Waals surface area contributed by atoms with Gasteiger partial charge in [-0.3, -0.25) is 14.6 Å². The molecule has 1 aliphatic heterocycles. The van der Waals surface area contributed by atoms with Crippen LogP contribution in [0.4, 0.5) is 0 Å². The number of nitrogens with zero attached hydrogens (tertiary/aromatic N) is 2. The van der Waals surface area contributed by atoms with Crippen molar-refractivity contribution >= 4 is 21.8 Å². The Hall–Kier alpha value is -1.89. The fourth-order valence-corrected chi connectivity index (χ4v) is 3.50. The van der Waals surface area contributed by atoms with Gasteiger partial charge in [0.15, 0.2) is 6.61 Å². The second-order valence-electron chi connectivity index (χ2n) is 6.70. The topological polar surface area (TPSA) is 44.8 Å². The molecule has 27 heavy (non-hydrogen) atoms. The van der Waals surface area contributed by atoms with E-state index in [1.165, 1.54) is 5.56 Å². The van der Waals surface area contributed by atoms with Crippen LogP contribution < -0.4 is 10.1 Å². The standard InChI is InChI=1S/C21H26BrN3O2/c22-19-7-4-8-20(15-19)27-17-21(26)23-9-10-24-11-13-25(14-12-24)16-18-5-2-1-3-6-18/h1-8,15H,9-14,16-17H2,(H,23,26). The number of nitrogens with one attached hydrogen (secondary N) is 1. The summed E-state index contributed by atoms with van der Waals surface area (Å²) in [5, 5.41) is 2.93. The van der Waals surface area contributed by atoms with Crippen LogP contribution in [0.5, 0.6) is 5.75 Å². The summed E-state index contributed by atoms with van der Waals surface area (Å²) in [4.78, 5) is 16.8. The third-order valence-electron chi connectivity index (χ3n) is 4.63. The molecule has 1 heterocycles. The number of hydrogen-bond donors (Lipinski definition) is 1. The van der Waals surface area contributed by atoms with E-state index in [4.69, 9.17) is 4.74 Å². The number of ether oxygens (including phenoxy) is 1. The van der Waals surface area contributed by atoms with Gasteiger partial charge in [0.05, 0.1) is 0 Å². The second kappa shape index (κ2) is 10.4. The predicted molar refractivity (Wildman–Crippen MR) is 111 cm³/mol. The Balaban J connectivity index is 1.28. The van der Waals surface area contributed by atoms with Crippen LogP contribution in [0.3, 0.4) is 0 Å². The SMILES string of the molecule is O=C(COc1cccc(Br)c1)NCCN1CCN(Cc2ccccc2)CC1. The highest BCUT2D eigenvalue weighted by Crippen LogP contribution is 2.17. The third-order valence-corrected chi connectivity index (χ3v) is 5.12. The molecular formula is C21H26BrN3O2. The highest BCUT2D eigenvalue weighted by molar-refractivity contribution is 9.10. The number of amides is 1. The summed E-state index contributed by atoms with van der Waals surface area (Å²) in [6.45, 7) is 6.79. The number of carbonyl (C=O) groups excluding carboxylic acids is 1. The molecule has 1 saturated heterocycles. The molecule has 1 fully saturated rings. The molecule has 1 amide bonds. The van der Waals surface area contributed by atoms with Crippen LogP contribution in [0.2, 0.25) is 0 Å². The van der Waals surface area contributed by atoms with Gasteiger partial charge in [-0.2, -0.15) is 0 Å². The van der Waals surface area contributed by atoms with Gasteiger partial charge >= 0.3 is 0 Å². The monoisotopic (exact) mass is 431 g/mol. The first-order valence-corrected chi connectivity index (χ1v) is 10.1. The zero-order valence-corrected chi connectivity index (χ0v) is 17.0. The van der Waals surface area contributed by atoms with Gasteiger partial charge in [-0.05, 0) is 23.8 Å². The van der Waals surface area contributed by atoms with E-state index in [0.717, 1.165) is 43.7 Å². The van der Waals surface area contributed by atoms with Crippen LogP contribution in [0.15, 0.2) is 59.1 Å². The fraction of sp³-hybridized carbons (Fsp3) is 0.381. The highest BCUT2D eigenvalue weighted by atomic mass is 79.9. The molecule has 0 radical (unpaired) electrons. The zero-order valence-electron chi connectivity index (χ0n) is 15.4. The maximum atomic E-state index is 11.9. The smallest absolute Gasteiger partial charge is 0.257 e. The van der Waals surface area contributed by atoms with Crippen molar-refractivity contribution in [1.82, 2.24) is 15.1 Å². The van der Waals surface area contributed by atoms with Gasteiger partial charge in [0.2, 0.25) is 0 Å². The van der Waals surface area contributed by atoms with E-state index in [1.54, 1.807) is 0 Å². The number of benzene rings is 2. The predicted octanol–water partition coefficient (Wildman–Crippen LogP) is 2.76. The van der Waals surface area contributed by atoms with Gasteiger partial charge in [-0.15, -0.1) is 0 Å². The molecule has 144 valence electrons. The van der Waals surface area contributed by atoms with Crippen LogP contribution in [-0.4, -0.2) is 61.6 Å². The van der Waals surface area contributed by atoms with Crippen molar-refractivity contribution in [2.45, 2.75) is 6.54 Å². The molecule has 1 N–H and O–H groups in total. The molecule has 0 saturated carbocycles. The number of piperazine rings is 1. The van der Waals surface area contributed by atoms with Gasteiger partial charge in [-0.25, -0.2) is 0 Å². The van der Waals surface area contributed by atoms with E-state index < -0.39 is 0 Å². The third kappa shape index (κ3) is 6.97. The fourth-order valence-electron chi connectivity index (χ4n) is 3.12. The second-order valence-corrected chi connectivity index (χ2v) is 7.62. The summed E-state index contributed by atoms with van der Waals surface area (Å²) in [6, 6.07) is 18.1. The van der Waals surface area contributed by atoms with Crippen LogP contribution in [-0.2, 0) is 11.3 Å². The van der Waals surface area contributed by atoms with Crippen molar-refractivity contribution in [2.24, 2.45) is 0 Å². The van der Waals surface area contributed by atoms with Gasteiger partial charge in [-0.1, -0.05) is 52.3 Å². The first kappa shape index (κ1) is 19.9. The molecule has 0 bridgehead atoms. The Morgan fingerprint density at radius 2 is 1.74 bits per heavy atom. The molecule has 2 aromatic rings. The summed E-state index contributed by atoms with van der Waals surface area (Å²) in [6.07, 6.45) is 0.